The second-order valence-electron chi connectivity index (χ2n) is 3.52. The van der Waals surface area contributed by atoms with Gasteiger partial charge in [0.25, 0.3) is 0 Å². The summed E-state index contributed by atoms with van der Waals surface area (Å²) in [5.74, 6) is 0.255. The van der Waals surface area contributed by atoms with Crippen molar-refractivity contribution in [3.05, 3.63) is 40.8 Å². The zero-order valence-corrected chi connectivity index (χ0v) is 10.4. The molecule has 2 aromatic rings. The minimum Gasteiger partial charge on any atom is -0.483 e. The van der Waals surface area contributed by atoms with Gasteiger partial charge in [-0.25, -0.2) is 4.79 Å². The van der Waals surface area contributed by atoms with Crippen molar-refractivity contribution in [2.75, 3.05) is 5.33 Å². The molecule has 0 radical (unpaired) electrons. The van der Waals surface area contributed by atoms with Gasteiger partial charge in [0, 0.05) is 10.7 Å². The van der Waals surface area contributed by atoms with E-state index in [2.05, 4.69) is 15.9 Å². The molecule has 0 saturated heterocycles. The molecule has 0 saturated carbocycles. The van der Waals surface area contributed by atoms with Crippen LogP contribution in [-0.2, 0) is 0 Å². The molecule has 16 heavy (non-hydrogen) atoms. The van der Waals surface area contributed by atoms with E-state index < -0.39 is 5.63 Å². The Morgan fingerprint density at radius 2 is 2.19 bits per heavy atom. The van der Waals surface area contributed by atoms with Crippen LogP contribution in [0.2, 0.25) is 0 Å². The van der Waals surface area contributed by atoms with Crippen LogP contribution in [0, 0.1) is 0 Å². The Hall–Kier alpha value is -1.29. The lowest BCUT2D eigenvalue weighted by atomic mass is 10.2. The first kappa shape index (κ1) is 11.2. The molecule has 0 aliphatic rings. The summed E-state index contributed by atoms with van der Waals surface area (Å²) >= 11 is 3.29. The molecule has 1 unspecified atom stereocenters. The average Bonchev–Trinajstić information content (AvgIpc) is 2.30. The number of para-hydroxylation sites is 1. The molecular formula is C12H11BrO3. The topological polar surface area (TPSA) is 39.4 Å². The third-order valence-electron chi connectivity index (χ3n) is 2.15. The molecular weight excluding hydrogens is 272 g/mol. The highest BCUT2D eigenvalue weighted by molar-refractivity contribution is 9.09. The van der Waals surface area contributed by atoms with Crippen molar-refractivity contribution in [1.82, 2.24) is 0 Å². The van der Waals surface area contributed by atoms with Gasteiger partial charge >= 0.3 is 5.63 Å². The van der Waals surface area contributed by atoms with E-state index in [1.165, 1.54) is 0 Å². The Morgan fingerprint density at radius 1 is 1.44 bits per heavy atom. The smallest absolute Gasteiger partial charge is 0.379 e. The van der Waals surface area contributed by atoms with Crippen LogP contribution in [0.4, 0.5) is 0 Å². The standard InChI is InChI=1S/C12H11BrO3/c1-8(7-13)15-11-6-9-4-2-3-5-10(9)16-12(11)14/h2-6,8H,7H2,1H3. The van der Waals surface area contributed by atoms with Crippen LogP contribution in [0.1, 0.15) is 6.92 Å². The second-order valence-corrected chi connectivity index (χ2v) is 4.17. The maximum absolute atomic E-state index is 11.6. The third kappa shape index (κ3) is 2.27. The van der Waals surface area contributed by atoms with Crippen LogP contribution in [0.15, 0.2) is 39.5 Å². The van der Waals surface area contributed by atoms with E-state index in [9.17, 15) is 4.79 Å². The van der Waals surface area contributed by atoms with E-state index in [-0.39, 0.29) is 11.9 Å². The summed E-state index contributed by atoms with van der Waals surface area (Å²) in [6, 6.07) is 9.06. The summed E-state index contributed by atoms with van der Waals surface area (Å²) in [7, 11) is 0. The number of rotatable bonds is 3. The average molecular weight is 283 g/mol. The molecule has 3 nitrogen and oxygen atoms in total. The highest BCUT2D eigenvalue weighted by Crippen LogP contribution is 2.17. The van der Waals surface area contributed by atoms with Crippen molar-refractivity contribution in [1.29, 1.82) is 0 Å². The highest BCUT2D eigenvalue weighted by Gasteiger charge is 2.09. The molecule has 1 heterocycles. The van der Waals surface area contributed by atoms with Gasteiger partial charge in [-0.05, 0) is 19.1 Å². The van der Waals surface area contributed by atoms with Crippen molar-refractivity contribution in [2.45, 2.75) is 13.0 Å². The summed E-state index contributed by atoms with van der Waals surface area (Å²) in [6.45, 7) is 1.88. The van der Waals surface area contributed by atoms with E-state index in [0.29, 0.717) is 10.9 Å². The zero-order valence-electron chi connectivity index (χ0n) is 8.77. The van der Waals surface area contributed by atoms with E-state index >= 15 is 0 Å². The Balaban J connectivity index is 2.46. The van der Waals surface area contributed by atoms with Crippen molar-refractivity contribution in [3.8, 4) is 5.75 Å². The quantitative estimate of drug-likeness (QED) is 0.642. The van der Waals surface area contributed by atoms with Crippen LogP contribution in [0.5, 0.6) is 5.75 Å². The van der Waals surface area contributed by atoms with Crippen LogP contribution in [0.3, 0.4) is 0 Å². The number of benzene rings is 1. The highest BCUT2D eigenvalue weighted by atomic mass is 79.9. The first-order chi connectivity index (χ1) is 7.70. The Kier molecular flexibility index (Phi) is 3.29. The molecule has 84 valence electrons. The lowest BCUT2D eigenvalue weighted by Crippen LogP contribution is -2.17. The number of ether oxygens (including phenoxy) is 1. The molecule has 0 spiro atoms. The maximum Gasteiger partial charge on any atom is 0.379 e. The first-order valence-electron chi connectivity index (χ1n) is 4.96. The van der Waals surface area contributed by atoms with Gasteiger partial charge in [0.15, 0.2) is 0 Å². The lowest BCUT2D eigenvalue weighted by molar-refractivity contribution is 0.237. The fourth-order valence-corrected chi connectivity index (χ4v) is 1.51. The molecule has 1 aromatic heterocycles. The van der Waals surface area contributed by atoms with Crippen LogP contribution in [-0.4, -0.2) is 11.4 Å². The number of hydrogen-bond acceptors (Lipinski definition) is 3. The van der Waals surface area contributed by atoms with Crippen molar-refractivity contribution < 1.29 is 9.15 Å². The molecule has 0 fully saturated rings. The number of fused-ring (bicyclic) bond motifs is 1. The van der Waals surface area contributed by atoms with Gasteiger partial charge in [0.05, 0.1) is 0 Å². The van der Waals surface area contributed by atoms with E-state index in [1.54, 1.807) is 12.1 Å². The number of halogens is 1. The molecule has 0 bridgehead atoms. The number of hydrogen-bond donors (Lipinski definition) is 0. The van der Waals surface area contributed by atoms with Gasteiger partial charge < -0.3 is 9.15 Å². The van der Waals surface area contributed by atoms with E-state index in [1.807, 2.05) is 25.1 Å². The molecule has 1 aromatic carbocycles. The Bertz CT molecular complexity index is 547. The van der Waals surface area contributed by atoms with Gasteiger partial charge in [0.2, 0.25) is 5.75 Å². The Labute approximate surface area is 101 Å². The molecule has 4 heteroatoms. The minimum atomic E-state index is -0.438. The molecule has 1 atom stereocenters. The zero-order chi connectivity index (χ0) is 11.5. The monoisotopic (exact) mass is 282 g/mol. The Morgan fingerprint density at radius 3 is 2.94 bits per heavy atom. The van der Waals surface area contributed by atoms with Crippen LogP contribution in [0.25, 0.3) is 11.0 Å². The summed E-state index contributed by atoms with van der Waals surface area (Å²) in [5, 5.41) is 1.53. The van der Waals surface area contributed by atoms with Crippen LogP contribution >= 0.6 is 15.9 Å². The SMILES string of the molecule is CC(CBr)Oc1cc2ccccc2oc1=O. The van der Waals surface area contributed by atoms with Crippen molar-refractivity contribution in [3.63, 3.8) is 0 Å². The van der Waals surface area contributed by atoms with Gasteiger partial charge in [-0.1, -0.05) is 34.1 Å². The summed E-state index contributed by atoms with van der Waals surface area (Å²) < 4.78 is 10.6. The van der Waals surface area contributed by atoms with Gasteiger partial charge in [-0.2, -0.15) is 0 Å². The summed E-state index contributed by atoms with van der Waals surface area (Å²) in [4.78, 5) is 11.6. The second kappa shape index (κ2) is 4.70. The van der Waals surface area contributed by atoms with Crippen molar-refractivity contribution >= 4 is 26.9 Å². The largest absolute Gasteiger partial charge is 0.483 e. The van der Waals surface area contributed by atoms with Crippen LogP contribution < -0.4 is 10.4 Å². The minimum absolute atomic E-state index is 0.0657. The predicted octanol–water partition coefficient (Wildman–Crippen LogP) is 2.96. The molecule has 2 rings (SSSR count). The first-order valence-corrected chi connectivity index (χ1v) is 6.08. The lowest BCUT2D eigenvalue weighted by Gasteiger charge is -2.10. The molecule has 0 amide bonds. The van der Waals surface area contributed by atoms with Crippen molar-refractivity contribution in [2.24, 2.45) is 0 Å². The van der Waals surface area contributed by atoms with Gasteiger partial charge in [-0.3, -0.25) is 0 Å². The fraction of sp³-hybridized carbons (Fsp3) is 0.250. The maximum atomic E-state index is 11.6. The summed E-state index contributed by atoms with van der Waals surface area (Å²) in [6.07, 6.45) is -0.0657. The third-order valence-corrected chi connectivity index (χ3v) is 3.07. The molecule has 0 aliphatic carbocycles. The number of alkyl halides is 1. The van der Waals surface area contributed by atoms with Gasteiger partial charge in [0.1, 0.15) is 11.7 Å². The predicted molar refractivity (Wildman–Crippen MR) is 66.4 cm³/mol. The normalized spacial score (nSPS) is 12.6. The summed E-state index contributed by atoms with van der Waals surface area (Å²) in [5.41, 5.74) is 0.137. The van der Waals surface area contributed by atoms with E-state index in [4.69, 9.17) is 9.15 Å². The van der Waals surface area contributed by atoms with E-state index in [0.717, 1.165) is 5.39 Å². The molecule has 0 N–H and O–H groups in total. The molecule has 0 aliphatic heterocycles. The van der Waals surface area contributed by atoms with Gasteiger partial charge in [-0.15, -0.1) is 0 Å². The fourth-order valence-electron chi connectivity index (χ4n) is 1.37.